The molecular weight excluding hydrogens is 326 g/mol. The highest BCUT2D eigenvalue weighted by Crippen LogP contribution is 2.27. The lowest BCUT2D eigenvalue weighted by Crippen LogP contribution is -2.20. The van der Waals surface area contributed by atoms with Gasteiger partial charge in [-0.25, -0.2) is 0 Å². The summed E-state index contributed by atoms with van der Waals surface area (Å²) in [6.07, 6.45) is 0. The molecule has 0 bridgehead atoms. The van der Waals surface area contributed by atoms with E-state index in [-0.39, 0.29) is 11.3 Å². The van der Waals surface area contributed by atoms with Gasteiger partial charge in [0.25, 0.3) is 5.91 Å². The van der Waals surface area contributed by atoms with Crippen molar-refractivity contribution in [3.8, 4) is 0 Å². The highest BCUT2D eigenvalue weighted by Gasteiger charge is 2.26. The van der Waals surface area contributed by atoms with Gasteiger partial charge >= 0.3 is 0 Å². The predicted molar refractivity (Wildman–Crippen MR) is 80.7 cm³/mol. The highest BCUT2D eigenvalue weighted by atomic mass is 79.9. The van der Waals surface area contributed by atoms with Crippen molar-refractivity contribution in [2.45, 2.75) is 26.2 Å². The van der Waals surface area contributed by atoms with E-state index >= 15 is 0 Å². The molecule has 6 heteroatoms. The van der Waals surface area contributed by atoms with Crippen molar-refractivity contribution in [3.63, 3.8) is 0 Å². The second kappa shape index (κ2) is 5.38. The number of para-hydroxylation sites is 1. The zero-order valence-electron chi connectivity index (χ0n) is 10.9. The third-order valence-electron chi connectivity index (χ3n) is 2.53. The van der Waals surface area contributed by atoms with Crippen LogP contribution in [0.5, 0.6) is 0 Å². The molecule has 2 rings (SSSR count). The van der Waals surface area contributed by atoms with Gasteiger partial charge in [-0.2, -0.15) is 0 Å². The lowest BCUT2D eigenvalue weighted by Gasteiger charge is -2.16. The van der Waals surface area contributed by atoms with Gasteiger partial charge in [-0.15, -0.1) is 5.10 Å². The molecule has 0 aliphatic heterocycles. The Morgan fingerprint density at radius 1 is 1.32 bits per heavy atom. The average molecular weight is 340 g/mol. The maximum absolute atomic E-state index is 12.3. The molecule has 1 N–H and O–H groups in total. The van der Waals surface area contributed by atoms with Crippen molar-refractivity contribution in [2.75, 3.05) is 5.32 Å². The van der Waals surface area contributed by atoms with E-state index in [4.69, 9.17) is 0 Å². The van der Waals surface area contributed by atoms with Gasteiger partial charge < -0.3 is 5.32 Å². The predicted octanol–water partition coefficient (Wildman–Crippen LogP) is 3.85. The Balaban J connectivity index is 2.27. The number of rotatable bonds is 2. The van der Waals surface area contributed by atoms with Crippen molar-refractivity contribution in [1.29, 1.82) is 0 Å². The summed E-state index contributed by atoms with van der Waals surface area (Å²) in [5.74, 6) is -0.174. The first-order valence-electron chi connectivity index (χ1n) is 5.78. The molecule has 0 aliphatic carbocycles. The van der Waals surface area contributed by atoms with Crippen LogP contribution in [0.25, 0.3) is 0 Å². The van der Waals surface area contributed by atoms with Gasteiger partial charge in [-0.1, -0.05) is 37.4 Å². The van der Waals surface area contributed by atoms with E-state index in [2.05, 4.69) is 30.8 Å². The molecule has 1 aromatic carbocycles. The standard InChI is InChI=1S/C13H14BrN3OS/c1-13(2,3)11-10(19-17-16-11)12(18)15-9-7-5-4-6-8(9)14/h4-7H,1-3H3,(H,15,18). The summed E-state index contributed by atoms with van der Waals surface area (Å²) in [5.41, 5.74) is 1.26. The quantitative estimate of drug-likeness (QED) is 0.903. The normalized spacial score (nSPS) is 11.4. The van der Waals surface area contributed by atoms with E-state index in [9.17, 15) is 4.79 Å². The summed E-state index contributed by atoms with van der Waals surface area (Å²) in [6.45, 7) is 6.04. The van der Waals surface area contributed by atoms with Crippen molar-refractivity contribution in [3.05, 3.63) is 39.3 Å². The number of carbonyl (C=O) groups excluding carboxylic acids is 1. The molecule has 0 fully saturated rings. The lowest BCUT2D eigenvalue weighted by molar-refractivity contribution is 0.102. The Morgan fingerprint density at radius 3 is 2.63 bits per heavy atom. The van der Waals surface area contributed by atoms with Gasteiger partial charge in [0.15, 0.2) is 0 Å². The zero-order chi connectivity index (χ0) is 14.0. The van der Waals surface area contributed by atoms with Gasteiger partial charge in [0, 0.05) is 9.89 Å². The smallest absolute Gasteiger partial charge is 0.269 e. The number of anilines is 1. The Kier molecular flexibility index (Phi) is 4.01. The number of nitrogens with zero attached hydrogens (tertiary/aromatic N) is 2. The van der Waals surface area contributed by atoms with E-state index in [1.807, 2.05) is 45.0 Å². The first-order valence-corrected chi connectivity index (χ1v) is 7.35. The summed E-state index contributed by atoms with van der Waals surface area (Å²) in [6, 6.07) is 7.49. The van der Waals surface area contributed by atoms with Crippen LogP contribution < -0.4 is 5.32 Å². The molecule has 1 amide bonds. The fraction of sp³-hybridized carbons (Fsp3) is 0.308. The minimum absolute atomic E-state index is 0.174. The number of halogens is 1. The molecule has 2 aromatic rings. The maximum atomic E-state index is 12.3. The molecular formula is C13H14BrN3OS. The number of amides is 1. The molecule has 19 heavy (non-hydrogen) atoms. The number of nitrogens with one attached hydrogen (secondary N) is 1. The third kappa shape index (κ3) is 3.19. The summed E-state index contributed by atoms with van der Waals surface area (Å²) >= 11 is 4.52. The largest absolute Gasteiger partial charge is 0.320 e. The molecule has 0 unspecified atom stereocenters. The van der Waals surface area contributed by atoms with Crippen molar-refractivity contribution < 1.29 is 4.79 Å². The number of hydrogen-bond donors (Lipinski definition) is 1. The van der Waals surface area contributed by atoms with Crippen molar-refractivity contribution in [2.24, 2.45) is 0 Å². The maximum Gasteiger partial charge on any atom is 0.269 e. The lowest BCUT2D eigenvalue weighted by atomic mass is 9.91. The summed E-state index contributed by atoms with van der Waals surface area (Å²) in [7, 11) is 0. The fourth-order valence-corrected chi connectivity index (χ4v) is 2.73. The Hall–Kier alpha value is -1.27. The van der Waals surface area contributed by atoms with Crippen molar-refractivity contribution >= 4 is 39.1 Å². The molecule has 0 radical (unpaired) electrons. The van der Waals surface area contributed by atoms with Crippen LogP contribution in [0.2, 0.25) is 0 Å². The first kappa shape index (κ1) is 14.1. The topological polar surface area (TPSA) is 54.9 Å². The number of hydrogen-bond acceptors (Lipinski definition) is 4. The molecule has 100 valence electrons. The number of aromatic nitrogens is 2. The van der Waals surface area contributed by atoms with Gasteiger partial charge in [0.05, 0.1) is 11.4 Å². The van der Waals surface area contributed by atoms with Gasteiger partial charge in [0.1, 0.15) is 4.88 Å². The minimum Gasteiger partial charge on any atom is -0.320 e. The van der Waals surface area contributed by atoms with Crippen LogP contribution in [0.15, 0.2) is 28.7 Å². The van der Waals surface area contributed by atoms with Crippen LogP contribution in [0, 0.1) is 0 Å². The third-order valence-corrected chi connectivity index (χ3v) is 3.94. The Bertz CT molecular complexity index is 604. The van der Waals surface area contributed by atoms with Gasteiger partial charge in [-0.3, -0.25) is 4.79 Å². The number of carbonyl (C=O) groups is 1. The second-order valence-corrected chi connectivity index (χ2v) is 6.74. The average Bonchev–Trinajstić information content (AvgIpc) is 2.81. The Morgan fingerprint density at radius 2 is 2.00 bits per heavy atom. The van der Waals surface area contributed by atoms with Crippen LogP contribution >= 0.6 is 27.5 Å². The minimum atomic E-state index is -0.201. The first-order chi connectivity index (χ1) is 8.89. The molecule has 0 saturated carbocycles. The molecule has 4 nitrogen and oxygen atoms in total. The van der Waals surface area contributed by atoms with Crippen molar-refractivity contribution in [1.82, 2.24) is 9.59 Å². The SMILES string of the molecule is CC(C)(C)c1nnsc1C(=O)Nc1ccccc1Br. The van der Waals surface area contributed by atoms with E-state index in [0.717, 1.165) is 27.4 Å². The number of benzene rings is 1. The van der Waals surface area contributed by atoms with Crippen LogP contribution in [-0.4, -0.2) is 15.5 Å². The van der Waals surface area contributed by atoms with E-state index in [0.29, 0.717) is 4.88 Å². The van der Waals surface area contributed by atoms with E-state index in [1.165, 1.54) is 0 Å². The van der Waals surface area contributed by atoms with E-state index in [1.54, 1.807) is 0 Å². The molecule has 0 saturated heterocycles. The monoisotopic (exact) mass is 339 g/mol. The molecule has 0 atom stereocenters. The van der Waals surface area contributed by atoms with Crippen LogP contribution in [-0.2, 0) is 5.41 Å². The second-order valence-electron chi connectivity index (χ2n) is 5.13. The van der Waals surface area contributed by atoms with Gasteiger partial charge in [0.2, 0.25) is 0 Å². The van der Waals surface area contributed by atoms with E-state index < -0.39 is 0 Å². The summed E-state index contributed by atoms with van der Waals surface area (Å²) in [4.78, 5) is 12.9. The Labute approximate surface area is 124 Å². The molecule has 0 aliphatic rings. The molecule has 1 aromatic heterocycles. The van der Waals surface area contributed by atoms with Crippen LogP contribution in [0.1, 0.15) is 36.1 Å². The zero-order valence-corrected chi connectivity index (χ0v) is 13.3. The summed E-state index contributed by atoms with van der Waals surface area (Å²) < 4.78 is 4.74. The fourth-order valence-electron chi connectivity index (χ4n) is 1.57. The molecule has 1 heterocycles. The molecule has 0 spiro atoms. The van der Waals surface area contributed by atoms with Crippen LogP contribution in [0.3, 0.4) is 0 Å². The summed E-state index contributed by atoms with van der Waals surface area (Å²) in [5, 5.41) is 6.94. The van der Waals surface area contributed by atoms with Gasteiger partial charge in [-0.05, 0) is 39.6 Å². The highest BCUT2D eigenvalue weighted by molar-refractivity contribution is 9.10. The van der Waals surface area contributed by atoms with Crippen LogP contribution in [0.4, 0.5) is 5.69 Å².